The van der Waals surface area contributed by atoms with Crippen molar-refractivity contribution in [3.63, 3.8) is 0 Å². The van der Waals surface area contributed by atoms with Crippen molar-refractivity contribution in [3.8, 4) is 5.75 Å². The Labute approximate surface area is 168 Å². The Morgan fingerprint density at radius 1 is 1.10 bits per heavy atom. The van der Waals surface area contributed by atoms with E-state index in [2.05, 4.69) is 5.32 Å². The molecule has 0 atom stereocenters. The van der Waals surface area contributed by atoms with E-state index < -0.39 is 34.2 Å². The Morgan fingerprint density at radius 2 is 1.83 bits per heavy atom. The molecule has 0 aliphatic carbocycles. The van der Waals surface area contributed by atoms with Gasteiger partial charge in [-0.15, -0.1) is 0 Å². The second-order valence-corrected chi connectivity index (χ2v) is 8.79. The van der Waals surface area contributed by atoms with E-state index in [1.54, 1.807) is 6.92 Å². The van der Waals surface area contributed by atoms with E-state index in [4.69, 9.17) is 4.74 Å². The van der Waals surface area contributed by atoms with Crippen LogP contribution in [0.25, 0.3) is 0 Å². The SMILES string of the molecule is Cc1cc(S(=O)(=O)N2CCCCC2)ccc1OCC(=O)Nc1cc(F)ccc1F. The number of amides is 1. The lowest BCUT2D eigenvalue weighted by Crippen LogP contribution is -2.35. The standard InChI is InChI=1S/C20H22F2N2O4S/c1-14-11-16(29(26,27)24-9-3-2-4-10-24)6-8-19(14)28-13-20(25)23-18-12-15(21)5-7-17(18)22/h5-8,11-12H,2-4,9-10,13H2,1H3,(H,23,25). The minimum absolute atomic E-state index is 0.176. The maximum atomic E-state index is 13.6. The van der Waals surface area contributed by atoms with Gasteiger partial charge in [0.15, 0.2) is 6.61 Å². The van der Waals surface area contributed by atoms with Gasteiger partial charge in [0.05, 0.1) is 10.6 Å². The van der Waals surface area contributed by atoms with Crippen molar-refractivity contribution in [2.45, 2.75) is 31.1 Å². The summed E-state index contributed by atoms with van der Waals surface area (Å²) in [6.45, 7) is 2.26. The number of nitrogens with zero attached hydrogens (tertiary/aromatic N) is 1. The van der Waals surface area contributed by atoms with Crippen molar-refractivity contribution in [2.24, 2.45) is 0 Å². The van der Waals surface area contributed by atoms with Crippen LogP contribution in [0.3, 0.4) is 0 Å². The number of carbonyl (C=O) groups is 1. The van der Waals surface area contributed by atoms with Crippen LogP contribution in [-0.4, -0.2) is 38.3 Å². The molecular weight excluding hydrogens is 402 g/mol. The average molecular weight is 424 g/mol. The Hall–Kier alpha value is -2.52. The highest BCUT2D eigenvalue weighted by Crippen LogP contribution is 2.26. The van der Waals surface area contributed by atoms with Gasteiger partial charge < -0.3 is 10.1 Å². The summed E-state index contributed by atoms with van der Waals surface area (Å²) in [5.41, 5.74) is 0.270. The molecule has 1 saturated heterocycles. The van der Waals surface area contributed by atoms with E-state index in [1.165, 1.54) is 22.5 Å². The fourth-order valence-corrected chi connectivity index (χ4v) is 4.72. The third-order valence-electron chi connectivity index (χ3n) is 4.66. The maximum Gasteiger partial charge on any atom is 0.262 e. The molecular formula is C20H22F2N2O4S. The molecule has 9 heteroatoms. The molecule has 6 nitrogen and oxygen atoms in total. The molecule has 1 fully saturated rings. The van der Waals surface area contributed by atoms with Gasteiger partial charge in [-0.3, -0.25) is 4.79 Å². The summed E-state index contributed by atoms with van der Waals surface area (Å²) in [7, 11) is -3.56. The molecule has 3 rings (SSSR count). The van der Waals surface area contributed by atoms with E-state index >= 15 is 0 Å². The third-order valence-corrected chi connectivity index (χ3v) is 6.56. The van der Waals surface area contributed by atoms with E-state index in [0.717, 1.165) is 37.5 Å². The monoisotopic (exact) mass is 424 g/mol. The van der Waals surface area contributed by atoms with Gasteiger partial charge in [0.2, 0.25) is 10.0 Å². The number of rotatable bonds is 6. The molecule has 0 radical (unpaired) electrons. The van der Waals surface area contributed by atoms with E-state index in [-0.39, 0.29) is 10.6 Å². The van der Waals surface area contributed by atoms with Crippen LogP contribution in [0.1, 0.15) is 24.8 Å². The molecule has 0 saturated carbocycles. The van der Waals surface area contributed by atoms with Gasteiger partial charge in [-0.2, -0.15) is 4.31 Å². The Kier molecular flexibility index (Phi) is 6.49. The number of sulfonamides is 1. The fourth-order valence-electron chi connectivity index (χ4n) is 3.12. The molecule has 0 unspecified atom stereocenters. The normalized spacial score (nSPS) is 15.1. The lowest BCUT2D eigenvalue weighted by Gasteiger charge is -2.26. The smallest absolute Gasteiger partial charge is 0.262 e. The van der Waals surface area contributed by atoms with Crippen LogP contribution in [0.4, 0.5) is 14.5 Å². The first kappa shape index (κ1) is 21.2. The number of hydrogen-bond acceptors (Lipinski definition) is 4. The molecule has 1 heterocycles. The predicted molar refractivity (Wildman–Crippen MR) is 104 cm³/mol. The highest BCUT2D eigenvalue weighted by atomic mass is 32.2. The summed E-state index contributed by atoms with van der Waals surface area (Å²) in [5, 5.41) is 2.24. The zero-order chi connectivity index (χ0) is 21.0. The number of anilines is 1. The first-order chi connectivity index (χ1) is 13.8. The Balaban J connectivity index is 1.64. The fraction of sp³-hybridized carbons (Fsp3) is 0.350. The number of aryl methyl sites for hydroxylation is 1. The number of benzene rings is 2. The summed E-state index contributed by atoms with van der Waals surface area (Å²) in [6, 6.07) is 7.17. The number of piperidine rings is 1. The number of halogens is 2. The molecule has 1 amide bonds. The average Bonchev–Trinajstić information content (AvgIpc) is 2.70. The summed E-state index contributed by atoms with van der Waals surface area (Å²) in [6.07, 6.45) is 2.72. The van der Waals surface area contributed by atoms with Crippen LogP contribution >= 0.6 is 0 Å². The first-order valence-electron chi connectivity index (χ1n) is 9.26. The van der Waals surface area contributed by atoms with Gasteiger partial charge in [-0.05, 0) is 55.7 Å². The minimum Gasteiger partial charge on any atom is -0.483 e. The molecule has 0 bridgehead atoms. The van der Waals surface area contributed by atoms with Gasteiger partial charge in [0.1, 0.15) is 17.4 Å². The molecule has 1 aliphatic heterocycles. The van der Waals surface area contributed by atoms with Crippen molar-refractivity contribution >= 4 is 21.6 Å². The topological polar surface area (TPSA) is 75.7 Å². The molecule has 29 heavy (non-hydrogen) atoms. The second kappa shape index (κ2) is 8.87. The highest BCUT2D eigenvalue weighted by molar-refractivity contribution is 7.89. The van der Waals surface area contributed by atoms with Crippen molar-refractivity contribution in [1.29, 1.82) is 0 Å². The summed E-state index contributed by atoms with van der Waals surface area (Å²) in [4.78, 5) is 12.1. The van der Waals surface area contributed by atoms with Crippen LogP contribution in [0.2, 0.25) is 0 Å². The molecule has 0 aromatic heterocycles. The van der Waals surface area contributed by atoms with Crippen molar-refractivity contribution in [3.05, 3.63) is 53.6 Å². The molecule has 156 valence electrons. The zero-order valence-corrected chi connectivity index (χ0v) is 16.8. The minimum atomic E-state index is -3.56. The third kappa shape index (κ3) is 5.10. The predicted octanol–water partition coefficient (Wildman–Crippen LogP) is 3.47. The van der Waals surface area contributed by atoms with Gasteiger partial charge in [-0.1, -0.05) is 6.42 Å². The second-order valence-electron chi connectivity index (χ2n) is 6.85. The van der Waals surface area contributed by atoms with Crippen molar-refractivity contribution in [2.75, 3.05) is 25.0 Å². The van der Waals surface area contributed by atoms with E-state index in [9.17, 15) is 22.0 Å². The highest BCUT2D eigenvalue weighted by Gasteiger charge is 2.26. The summed E-state index contributed by atoms with van der Waals surface area (Å²) < 4.78 is 59.1. The van der Waals surface area contributed by atoms with Crippen LogP contribution < -0.4 is 10.1 Å². The number of ether oxygens (including phenoxy) is 1. The molecule has 1 N–H and O–H groups in total. The lowest BCUT2D eigenvalue weighted by atomic mass is 10.2. The number of hydrogen-bond donors (Lipinski definition) is 1. The van der Waals surface area contributed by atoms with E-state index in [0.29, 0.717) is 24.4 Å². The Bertz CT molecular complexity index is 1010. The molecule has 2 aromatic rings. The summed E-state index contributed by atoms with van der Waals surface area (Å²) in [5.74, 6) is -1.77. The van der Waals surface area contributed by atoms with Crippen LogP contribution in [0, 0.1) is 18.6 Å². The van der Waals surface area contributed by atoms with Crippen LogP contribution in [0.15, 0.2) is 41.3 Å². The lowest BCUT2D eigenvalue weighted by molar-refractivity contribution is -0.118. The molecule has 2 aromatic carbocycles. The number of nitrogens with one attached hydrogen (secondary N) is 1. The van der Waals surface area contributed by atoms with E-state index in [1.807, 2.05) is 0 Å². The van der Waals surface area contributed by atoms with Crippen molar-refractivity contribution < 1.29 is 26.7 Å². The van der Waals surface area contributed by atoms with Gasteiger partial charge in [-0.25, -0.2) is 17.2 Å². The quantitative estimate of drug-likeness (QED) is 0.771. The zero-order valence-electron chi connectivity index (χ0n) is 16.0. The van der Waals surface area contributed by atoms with Crippen LogP contribution in [-0.2, 0) is 14.8 Å². The van der Waals surface area contributed by atoms with Crippen molar-refractivity contribution in [1.82, 2.24) is 4.31 Å². The number of carbonyl (C=O) groups excluding carboxylic acids is 1. The Morgan fingerprint density at radius 3 is 2.52 bits per heavy atom. The van der Waals surface area contributed by atoms with Gasteiger partial charge >= 0.3 is 0 Å². The summed E-state index contributed by atoms with van der Waals surface area (Å²) >= 11 is 0. The molecule has 1 aliphatic rings. The van der Waals surface area contributed by atoms with Crippen LogP contribution in [0.5, 0.6) is 5.75 Å². The van der Waals surface area contributed by atoms with Gasteiger partial charge in [0, 0.05) is 19.2 Å². The first-order valence-corrected chi connectivity index (χ1v) is 10.7. The largest absolute Gasteiger partial charge is 0.483 e. The molecule has 0 spiro atoms. The van der Waals surface area contributed by atoms with Gasteiger partial charge in [0.25, 0.3) is 5.91 Å². The maximum absolute atomic E-state index is 13.6.